The third kappa shape index (κ3) is 3.74. The summed E-state index contributed by atoms with van der Waals surface area (Å²) in [5, 5.41) is 22.8. The molecule has 1 amide bonds. The molecule has 2 heterocycles. The average Bonchev–Trinajstić information content (AvgIpc) is 2.98. The van der Waals surface area contributed by atoms with Gasteiger partial charge in [0.15, 0.2) is 10.8 Å². The number of pyridine rings is 1. The van der Waals surface area contributed by atoms with E-state index in [-0.39, 0.29) is 17.3 Å². The van der Waals surface area contributed by atoms with E-state index < -0.39 is 4.92 Å². The Morgan fingerprint density at radius 1 is 1.38 bits per heavy atom. The van der Waals surface area contributed by atoms with Gasteiger partial charge in [-0.05, 0) is 19.1 Å². The molecule has 134 valence electrons. The Labute approximate surface area is 161 Å². The lowest BCUT2D eigenvalue weighted by molar-refractivity contribution is -0.385. The van der Waals surface area contributed by atoms with Crippen LogP contribution in [-0.2, 0) is 4.79 Å². The predicted molar refractivity (Wildman–Crippen MR) is 100 cm³/mol. The SMILES string of the molecule is Cc1c(NC(=O)CSc2nnc3c(Cl)cc(Cl)cn23)cccc1[N+](=O)[O-]. The first kappa shape index (κ1) is 18.4. The summed E-state index contributed by atoms with van der Waals surface area (Å²) in [4.78, 5) is 22.7. The van der Waals surface area contributed by atoms with Gasteiger partial charge in [0, 0.05) is 12.3 Å². The molecular formula is C15H11Cl2N5O3S. The molecule has 0 fully saturated rings. The van der Waals surface area contributed by atoms with E-state index in [1.165, 1.54) is 12.1 Å². The van der Waals surface area contributed by atoms with Gasteiger partial charge in [0.2, 0.25) is 5.91 Å². The summed E-state index contributed by atoms with van der Waals surface area (Å²) in [6.45, 7) is 1.58. The Kier molecular flexibility index (Phi) is 5.30. The molecule has 2 aromatic heterocycles. The number of anilines is 1. The molecule has 8 nitrogen and oxygen atoms in total. The van der Waals surface area contributed by atoms with Gasteiger partial charge in [-0.15, -0.1) is 10.2 Å². The van der Waals surface area contributed by atoms with Gasteiger partial charge in [-0.2, -0.15) is 0 Å². The molecule has 3 aromatic rings. The topological polar surface area (TPSA) is 102 Å². The van der Waals surface area contributed by atoms with Crippen molar-refractivity contribution in [2.24, 2.45) is 0 Å². The van der Waals surface area contributed by atoms with Crippen LogP contribution in [0.5, 0.6) is 0 Å². The van der Waals surface area contributed by atoms with Crippen molar-refractivity contribution in [3.63, 3.8) is 0 Å². The summed E-state index contributed by atoms with van der Waals surface area (Å²) < 4.78 is 1.60. The van der Waals surface area contributed by atoms with Crippen molar-refractivity contribution in [2.75, 3.05) is 11.1 Å². The van der Waals surface area contributed by atoms with Gasteiger partial charge in [-0.1, -0.05) is 41.0 Å². The molecule has 0 saturated heterocycles. The summed E-state index contributed by atoms with van der Waals surface area (Å²) in [6, 6.07) is 6.07. The van der Waals surface area contributed by atoms with Crippen molar-refractivity contribution in [1.82, 2.24) is 14.6 Å². The predicted octanol–water partition coefficient (Wildman–Crippen LogP) is 3.98. The molecule has 0 radical (unpaired) electrons. The molecule has 1 aromatic carbocycles. The van der Waals surface area contributed by atoms with E-state index in [4.69, 9.17) is 23.2 Å². The quantitative estimate of drug-likeness (QED) is 0.386. The summed E-state index contributed by atoms with van der Waals surface area (Å²) >= 11 is 13.2. The summed E-state index contributed by atoms with van der Waals surface area (Å²) in [5.74, 6) is -0.295. The molecule has 0 aliphatic heterocycles. The number of carbonyl (C=O) groups is 1. The molecule has 0 aliphatic rings. The van der Waals surface area contributed by atoms with Crippen LogP contribution < -0.4 is 5.32 Å². The highest BCUT2D eigenvalue weighted by molar-refractivity contribution is 7.99. The van der Waals surface area contributed by atoms with E-state index >= 15 is 0 Å². The Balaban J connectivity index is 1.72. The molecule has 0 bridgehead atoms. The number of nitrogens with zero attached hydrogens (tertiary/aromatic N) is 4. The van der Waals surface area contributed by atoms with E-state index in [2.05, 4.69) is 15.5 Å². The number of nitro groups is 1. The van der Waals surface area contributed by atoms with Crippen molar-refractivity contribution >= 4 is 57.9 Å². The molecule has 0 unspecified atom stereocenters. The number of carbonyl (C=O) groups excluding carboxylic acids is 1. The zero-order valence-corrected chi connectivity index (χ0v) is 15.6. The van der Waals surface area contributed by atoms with Crippen LogP contribution in [0.15, 0.2) is 35.6 Å². The summed E-state index contributed by atoms with van der Waals surface area (Å²) in [5.41, 5.74) is 1.17. The second-order valence-electron chi connectivity index (χ2n) is 5.23. The number of fused-ring (bicyclic) bond motifs is 1. The normalized spacial score (nSPS) is 10.9. The number of aromatic nitrogens is 3. The van der Waals surface area contributed by atoms with Crippen LogP contribution in [0.25, 0.3) is 5.65 Å². The summed E-state index contributed by atoms with van der Waals surface area (Å²) in [7, 11) is 0. The van der Waals surface area contributed by atoms with Gasteiger partial charge in [-0.3, -0.25) is 19.3 Å². The fourth-order valence-corrected chi connectivity index (χ4v) is 3.49. The first-order chi connectivity index (χ1) is 12.4. The fraction of sp³-hybridized carbons (Fsp3) is 0.133. The Hall–Kier alpha value is -2.36. The van der Waals surface area contributed by atoms with Crippen LogP contribution >= 0.6 is 35.0 Å². The molecule has 0 atom stereocenters. The molecule has 26 heavy (non-hydrogen) atoms. The lowest BCUT2D eigenvalue weighted by atomic mass is 10.1. The maximum absolute atomic E-state index is 12.2. The van der Waals surface area contributed by atoms with E-state index in [0.717, 1.165) is 11.8 Å². The lowest BCUT2D eigenvalue weighted by Crippen LogP contribution is -2.15. The van der Waals surface area contributed by atoms with Crippen LogP contribution in [0.3, 0.4) is 0 Å². The van der Waals surface area contributed by atoms with Crippen molar-refractivity contribution in [1.29, 1.82) is 0 Å². The molecule has 0 saturated carbocycles. The Morgan fingerprint density at radius 3 is 2.88 bits per heavy atom. The monoisotopic (exact) mass is 411 g/mol. The molecule has 11 heteroatoms. The van der Waals surface area contributed by atoms with Crippen molar-refractivity contribution in [3.8, 4) is 0 Å². The third-order valence-corrected chi connectivity index (χ3v) is 4.93. The van der Waals surface area contributed by atoms with Crippen molar-refractivity contribution < 1.29 is 9.72 Å². The van der Waals surface area contributed by atoms with Crippen LogP contribution in [0.4, 0.5) is 11.4 Å². The second-order valence-corrected chi connectivity index (χ2v) is 7.01. The van der Waals surface area contributed by atoms with E-state index in [9.17, 15) is 14.9 Å². The number of nitrogens with one attached hydrogen (secondary N) is 1. The molecule has 0 aliphatic carbocycles. The summed E-state index contributed by atoms with van der Waals surface area (Å²) in [6.07, 6.45) is 1.60. The largest absolute Gasteiger partial charge is 0.325 e. The number of amides is 1. The highest BCUT2D eigenvalue weighted by Crippen LogP contribution is 2.27. The highest BCUT2D eigenvalue weighted by Gasteiger charge is 2.16. The maximum Gasteiger partial charge on any atom is 0.274 e. The average molecular weight is 412 g/mol. The number of thioether (sulfide) groups is 1. The van der Waals surface area contributed by atoms with Gasteiger partial charge in [0.05, 0.1) is 32.0 Å². The Bertz CT molecular complexity index is 1020. The number of nitro benzene ring substituents is 1. The first-order valence-electron chi connectivity index (χ1n) is 7.23. The van der Waals surface area contributed by atoms with E-state index in [1.54, 1.807) is 29.7 Å². The van der Waals surface area contributed by atoms with Crippen LogP contribution in [0.2, 0.25) is 10.0 Å². The van der Waals surface area contributed by atoms with Crippen molar-refractivity contribution in [2.45, 2.75) is 12.1 Å². The number of benzene rings is 1. The second kappa shape index (κ2) is 7.48. The number of rotatable bonds is 5. The van der Waals surface area contributed by atoms with Gasteiger partial charge >= 0.3 is 0 Å². The fourth-order valence-electron chi connectivity index (χ4n) is 2.27. The van der Waals surface area contributed by atoms with Gasteiger partial charge in [-0.25, -0.2) is 0 Å². The Morgan fingerprint density at radius 2 is 2.15 bits per heavy atom. The van der Waals surface area contributed by atoms with Gasteiger partial charge in [0.25, 0.3) is 5.69 Å². The first-order valence-corrected chi connectivity index (χ1v) is 8.97. The molecule has 0 spiro atoms. The lowest BCUT2D eigenvalue weighted by Gasteiger charge is -2.08. The zero-order valence-electron chi connectivity index (χ0n) is 13.3. The number of halogens is 2. The zero-order chi connectivity index (χ0) is 18.8. The highest BCUT2D eigenvalue weighted by atomic mass is 35.5. The minimum Gasteiger partial charge on any atom is -0.325 e. The van der Waals surface area contributed by atoms with E-state index in [0.29, 0.717) is 32.1 Å². The smallest absolute Gasteiger partial charge is 0.274 e. The van der Waals surface area contributed by atoms with Crippen LogP contribution in [0, 0.1) is 17.0 Å². The van der Waals surface area contributed by atoms with Crippen molar-refractivity contribution in [3.05, 3.63) is 56.2 Å². The third-order valence-electron chi connectivity index (χ3n) is 3.50. The number of hydrogen-bond acceptors (Lipinski definition) is 6. The van der Waals surface area contributed by atoms with Crippen LogP contribution in [0.1, 0.15) is 5.56 Å². The molecule has 1 N–H and O–H groups in total. The minimum absolute atomic E-state index is 0.0348. The maximum atomic E-state index is 12.2. The molecule has 3 rings (SSSR count). The standard InChI is InChI=1S/C15H11Cl2N5O3S/c1-8-11(3-2-4-12(8)22(24)25)18-13(23)7-26-15-20-19-14-10(17)5-9(16)6-21(14)15/h2-6H,7H2,1H3,(H,18,23). The van der Waals surface area contributed by atoms with Crippen LogP contribution in [-0.4, -0.2) is 31.2 Å². The number of hydrogen-bond donors (Lipinski definition) is 1. The van der Waals surface area contributed by atoms with Gasteiger partial charge in [0.1, 0.15) is 0 Å². The minimum atomic E-state index is -0.491. The van der Waals surface area contributed by atoms with Gasteiger partial charge < -0.3 is 5.32 Å². The van der Waals surface area contributed by atoms with E-state index in [1.807, 2.05) is 0 Å². The molecular weight excluding hydrogens is 401 g/mol.